The standard InChI is InChI=1S/C9H19NO5S/c1-3-5-10(8-9(11)12)16(13,14)7-6-15-4-2/h3-8H2,1-2H3,(H,11,12). The fraction of sp³-hybridized carbons (Fsp3) is 0.889. The molecule has 0 saturated carbocycles. The summed E-state index contributed by atoms with van der Waals surface area (Å²) in [5, 5.41) is 8.61. The van der Waals surface area contributed by atoms with Crippen LogP contribution in [0.5, 0.6) is 0 Å². The van der Waals surface area contributed by atoms with Gasteiger partial charge in [0.25, 0.3) is 0 Å². The van der Waals surface area contributed by atoms with Crippen molar-refractivity contribution in [2.75, 3.05) is 32.1 Å². The Labute approximate surface area is 96.2 Å². The largest absolute Gasteiger partial charge is 0.480 e. The van der Waals surface area contributed by atoms with Gasteiger partial charge in [-0.25, -0.2) is 8.42 Å². The van der Waals surface area contributed by atoms with E-state index in [0.717, 1.165) is 4.31 Å². The second-order valence-electron chi connectivity index (χ2n) is 3.24. The highest BCUT2D eigenvalue weighted by Crippen LogP contribution is 2.03. The van der Waals surface area contributed by atoms with Gasteiger partial charge >= 0.3 is 5.97 Å². The molecule has 0 unspecified atom stereocenters. The lowest BCUT2D eigenvalue weighted by molar-refractivity contribution is -0.137. The van der Waals surface area contributed by atoms with Crippen LogP contribution in [0.1, 0.15) is 20.3 Å². The summed E-state index contributed by atoms with van der Waals surface area (Å²) in [4.78, 5) is 10.5. The molecular formula is C9H19NO5S. The van der Waals surface area contributed by atoms with Gasteiger partial charge in [0.15, 0.2) is 0 Å². The van der Waals surface area contributed by atoms with Crippen molar-refractivity contribution >= 4 is 16.0 Å². The van der Waals surface area contributed by atoms with E-state index in [-0.39, 0.29) is 18.9 Å². The molecular weight excluding hydrogens is 234 g/mol. The molecule has 16 heavy (non-hydrogen) atoms. The Morgan fingerprint density at radius 1 is 1.38 bits per heavy atom. The van der Waals surface area contributed by atoms with Gasteiger partial charge in [-0.05, 0) is 13.3 Å². The summed E-state index contributed by atoms with van der Waals surface area (Å²) in [5.41, 5.74) is 0. The first-order chi connectivity index (χ1) is 7.44. The number of hydrogen-bond donors (Lipinski definition) is 1. The van der Waals surface area contributed by atoms with Gasteiger partial charge in [0.05, 0.1) is 12.4 Å². The Bertz CT molecular complexity index is 301. The zero-order valence-corrected chi connectivity index (χ0v) is 10.5. The Morgan fingerprint density at radius 2 is 2.00 bits per heavy atom. The van der Waals surface area contributed by atoms with Crippen molar-refractivity contribution in [2.45, 2.75) is 20.3 Å². The van der Waals surface area contributed by atoms with Gasteiger partial charge in [-0.2, -0.15) is 4.31 Å². The fourth-order valence-corrected chi connectivity index (χ4v) is 2.51. The van der Waals surface area contributed by atoms with E-state index in [2.05, 4.69) is 0 Å². The van der Waals surface area contributed by atoms with Crippen molar-refractivity contribution in [3.8, 4) is 0 Å². The molecule has 7 heteroatoms. The number of nitrogens with zero attached hydrogens (tertiary/aromatic N) is 1. The molecule has 0 radical (unpaired) electrons. The maximum Gasteiger partial charge on any atom is 0.318 e. The van der Waals surface area contributed by atoms with Gasteiger partial charge in [-0.15, -0.1) is 0 Å². The van der Waals surface area contributed by atoms with Gasteiger partial charge in [-0.1, -0.05) is 6.92 Å². The minimum atomic E-state index is -3.52. The van der Waals surface area contributed by atoms with Crippen LogP contribution in [0.25, 0.3) is 0 Å². The van der Waals surface area contributed by atoms with Crippen LogP contribution in [0.3, 0.4) is 0 Å². The van der Waals surface area contributed by atoms with E-state index < -0.39 is 22.5 Å². The lowest BCUT2D eigenvalue weighted by Crippen LogP contribution is -2.38. The topological polar surface area (TPSA) is 83.9 Å². The summed E-state index contributed by atoms with van der Waals surface area (Å²) in [5.74, 6) is -1.32. The summed E-state index contributed by atoms with van der Waals surface area (Å²) in [6, 6.07) is 0. The fourth-order valence-electron chi connectivity index (χ4n) is 1.15. The first-order valence-electron chi connectivity index (χ1n) is 5.21. The van der Waals surface area contributed by atoms with Crippen molar-refractivity contribution < 1.29 is 23.1 Å². The predicted octanol–water partition coefficient (Wildman–Crippen LogP) is 0.149. The maximum atomic E-state index is 11.7. The molecule has 6 nitrogen and oxygen atoms in total. The lowest BCUT2D eigenvalue weighted by Gasteiger charge is -2.19. The molecule has 1 N–H and O–H groups in total. The monoisotopic (exact) mass is 253 g/mol. The van der Waals surface area contributed by atoms with E-state index in [1.807, 2.05) is 0 Å². The van der Waals surface area contributed by atoms with Crippen LogP contribution in [0.15, 0.2) is 0 Å². The summed E-state index contributed by atoms with van der Waals surface area (Å²) < 4.78 is 29.4. The number of rotatable bonds is 9. The van der Waals surface area contributed by atoms with Crippen molar-refractivity contribution in [1.82, 2.24) is 4.31 Å². The zero-order chi connectivity index (χ0) is 12.6. The number of ether oxygens (including phenoxy) is 1. The number of aliphatic carboxylic acids is 1. The number of carboxylic acids is 1. The summed E-state index contributed by atoms with van der Waals surface area (Å²) in [7, 11) is -3.52. The summed E-state index contributed by atoms with van der Waals surface area (Å²) in [6.07, 6.45) is 0.584. The van der Waals surface area contributed by atoms with Crippen molar-refractivity contribution in [2.24, 2.45) is 0 Å². The van der Waals surface area contributed by atoms with Crippen molar-refractivity contribution in [1.29, 1.82) is 0 Å². The van der Waals surface area contributed by atoms with Gasteiger partial charge in [0, 0.05) is 13.2 Å². The first-order valence-corrected chi connectivity index (χ1v) is 6.82. The minimum absolute atomic E-state index is 0.0959. The molecule has 0 aliphatic heterocycles. The quantitative estimate of drug-likeness (QED) is 0.591. The molecule has 0 spiro atoms. The highest BCUT2D eigenvalue weighted by Gasteiger charge is 2.23. The molecule has 0 rings (SSSR count). The van der Waals surface area contributed by atoms with Crippen molar-refractivity contribution in [3.05, 3.63) is 0 Å². The molecule has 0 aromatic rings. The van der Waals surface area contributed by atoms with Crippen LogP contribution in [-0.2, 0) is 19.6 Å². The molecule has 0 fully saturated rings. The van der Waals surface area contributed by atoms with Gasteiger partial charge in [0.1, 0.15) is 6.54 Å². The summed E-state index contributed by atoms with van der Waals surface area (Å²) in [6.45, 7) is 3.85. The Hall–Kier alpha value is -0.660. The molecule has 0 aliphatic carbocycles. The van der Waals surface area contributed by atoms with Crippen LogP contribution in [0.2, 0.25) is 0 Å². The number of carbonyl (C=O) groups is 1. The van der Waals surface area contributed by atoms with Gasteiger partial charge in [0.2, 0.25) is 10.0 Å². The molecule has 0 aromatic heterocycles. The minimum Gasteiger partial charge on any atom is -0.480 e. The molecule has 0 heterocycles. The first kappa shape index (κ1) is 15.3. The molecule has 96 valence electrons. The normalized spacial score (nSPS) is 11.9. The molecule has 0 aromatic carbocycles. The third kappa shape index (κ3) is 6.04. The Morgan fingerprint density at radius 3 is 2.44 bits per heavy atom. The van der Waals surface area contributed by atoms with E-state index >= 15 is 0 Å². The Kier molecular flexibility index (Phi) is 7.27. The molecule has 0 atom stereocenters. The number of hydrogen-bond acceptors (Lipinski definition) is 4. The van der Waals surface area contributed by atoms with Crippen LogP contribution in [0, 0.1) is 0 Å². The van der Waals surface area contributed by atoms with Crippen LogP contribution >= 0.6 is 0 Å². The number of carboxylic acid groups (broad SMARTS) is 1. The van der Waals surface area contributed by atoms with Crippen molar-refractivity contribution in [3.63, 3.8) is 0 Å². The third-order valence-electron chi connectivity index (χ3n) is 1.87. The molecule has 0 aliphatic rings. The average molecular weight is 253 g/mol. The third-order valence-corrected chi connectivity index (χ3v) is 3.65. The average Bonchev–Trinajstić information content (AvgIpc) is 2.16. The predicted molar refractivity (Wildman–Crippen MR) is 59.8 cm³/mol. The SMILES string of the molecule is CCCN(CC(=O)O)S(=O)(=O)CCOCC. The van der Waals surface area contributed by atoms with E-state index in [9.17, 15) is 13.2 Å². The van der Waals surface area contributed by atoms with Crippen LogP contribution < -0.4 is 0 Å². The van der Waals surface area contributed by atoms with E-state index in [1.165, 1.54) is 0 Å². The van der Waals surface area contributed by atoms with Crippen LogP contribution in [0.4, 0.5) is 0 Å². The van der Waals surface area contributed by atoms with Gasteiger partial charge in [-0.3, -0.25) is 4.79 Å². The van der Waals surface area contributed by atoms with E-state index in [0.29, 0.717) is 13.0 Å². The highest BCUT2D eigenvalue weighted by molar-refractivity contribution is 7.89. The van der Waals surface area contributed by atoms with Gasteiger partial charge < -0.3 is 9.84 Å². The van der Waals surface area contributed by atoms with Crippen LogP contribution in [-0.4, -0.2) is 55.9 Å². The van der Waals surface area contributed by atoms with E-state index in [4.69, 9.17) is 9.84 Å². The Balaban J connectivity index is 4.43. The lowest BCUT2D eigenvalue weighted by atomic mass is 10.5. The second-order valence-corrected chi connectivity index (χ2v) is 5.33. The molecule has 0 bridgehead atoms. The second kappa shape index (κ2) is 7.59. The molecule has 0 amide bonds. The molecule has 0 saturated heterocycles. The summed E-state index contributed by atoms with van der Waals surface area (Å²) >= 11 is 0. The zero-order valence-electron chi connectivity index (χ0n) is 9.68. The van der Waals surface area contributed by atoms with E-state index in [1.54, 1.807) is 13.8 Å². The highest BCUT2D eigenvalue weighted by atomic mass is 32.2. The maximum absolute atomic E-state index is 11.7. The number of sulfonamides is 1. The smallest absolute Gasteiger partial charge is 0.318 e.